The molecule has 0 aliphatic heterocycles. The van der Waals surface area contributed by atoms with Crippen LogP contribution in [-0.2, 0) is 9.31 Å². The third kappa shape index (κ3) is 8.36. The van der Waals surface area contributed by atoms with Gasteiger partial charge in [0.2, 0.25) is 0 Å². The van der Waals surface area contributed by atoms with E-state index >= 15 is 0 Å². The maximum absolute atomic E-state index is 8.67. The van der Waals surface area contributed by atoms with Gasteiger partial charge in [-0.15, -0.1) is 0 Å². The molecule has 5 nitrogen and oxygen atoms in total. The molecule has 0 radical (unpaired) electrons. The summed E-state index contributed by atoms with van der Waals surface area (Å²) in [5, 5.41) is 25.6. The monoisotopic (exact) mass is 208 g/mol. The first kappa shape index (κ1) is 16.8. The van der Waals surface area contributed by atoms with Crippen LogP contribution in [0, 0.1) is 0 Å². The number of phenolic OH excluding ortho intramolecular Hbond substituents is 2. The Hall–Kier alpha value is -0.638. The molecule has 0 spiro atoms. The van der Waals surface area contributed by atoms with Crippen LogP contribution in [0.4, 0.5) is 0 Å². The van der Waals surface area contributed by atoms with Gasteiger partial charge in [0.25, 0.3) is 0 Å². The number of para-hydroxylation sites is 2. The topological polar surface area (TPSA) is 79.2 Å². The van der Waals surface area contributed by atoms with E-state index < -0.39 is 7.32 Å². The van der Waals surface area contributed by atoms with E-state index in [1.165, 1.54) is 26.4 Å². The van der Waals surface area contributed by atoms with Crippen LogP contribution in [0.25, 0.3) is 0 Å². The summed E-state index contributed by atoms with van der Waals surface area (Å²) in [4.78, 5) is 0. The normalized spacial score (nSPS) is 8.20. The van der Waals surface area contributed by atoms with Gasteiger partial charge in [-0.25, -0.2) is 0 Å². The Morgan fingerprint density at radius 3 is 1.47 bits per heavy atom. The molecule has 1 rings (SSSR count). The molecule has 1 aromatic carbocycles. The second-order valence-electron chi connectivity index (χ2n) is 2.27. The Morgan fingerprint density at radius 2 is 1.33 bits per heavy atom. The minimum absolute atomic E-state index is 0. The summed E-state index contributed by atoms with van der Waals surface area (Å²) in [5.41, 5.74) is 0. The van der Waals surface area contributed by atoms with Gasteiger partial charge in [0, 0.05) is 14.2 Å². The predicted octanol–water partition coefficient (Wildman–Crippen LogP) is -0.294. The Bertz CT molecular complexity index is 236. The average molecular weight is 208 g/mol. The van der Waals surface area contributed by atoms with E-state index in [-0.39, 0.29) is 30.4 Å². The van der Waals surface area contributed by atoms with Crippen LogP contribution in [0.5, 0.6) is 11.5 Å². The van der Waals surface area contributed by atoms with Crippen molar-refractivity contribution in [1.29, 1.82) is 0 Å². The van der Waals surface area contributed by atoms with Crippen LogP contribution in [0.1, 0.15) is 0 Å². The molecule has 7 heteroatoms. The molecular weight excluding hydrogens is 194 g/mol. The molecule has 0 aliphatic rings. The van der Waals surface area contributed by atoms with Crippen LogP contribution >= 0.6 is 0 Å². The van der Waals surface area contributed by atoms with E-state index in [0.29, 0.717) is 0 Å². The fourth-order valence-electron chi connectivity index (χ4n) is 0.560. The summed E-state index contributed by atoms with van der Waals surface area (Å²) in [5.74, 6) is -0.153. The molecule has 0 saturated carbocycles. The molecule has 0 bridgehead atoms. The van der Waals surface area contributed by atoms with E-state index in [1.807, 2.05) is 0 Å². The summed E-state index contributed by atoms with van der Waals surface area (Å²) in [6.45, 7) is 0. The molecule has 1 aromatic rings. The van der Waals surface area contributed by atoms with Gasteiger partial charge >= 0.3 is 26.2 Å². The van der Waals surface area contributed by atoms with Crippen LogP contribution in [0.15, 0.2) is 24.3 Å². The predicted molar refractivity (Wildman–Crippen MR) is 58.9 cm³/mol. The van der Waals surface area contributed by atoms with Crippen LogP contribution < -0.4 is 0 Å². The molecule has 0 amide bonds. The first-order valence-corrected chi connectivity index (χ1v) is 3.82. The standard InChI is InChI=1S/C6H6O2.C2H7BO3.Li.H/c7-5-3-1-2-4-6(5)8;1-5-3(4)6-2;;/h1-4,7-8H;4H,1-2H3;;. The van der Waals surface area contributed by atoms with E-state index in [9.17, 15) is 0 Å². The number of hydrogen-bond donors (Lipinski definition) is 3. The number of rotatable bonds is 2. The summed E-state index contributed by atoms with van der Waals surface area (Å²) in [7, 11) is 1.65. The van der Waals surface area contributed by atoms with Gasteiger partial charge in [-0.1, -0.05) is 12.1 Å². The van der Waals surface area contributed by atoms with Gasteiger partial charge < -0.3 is 24.5 Å². The van der Waals surface area contributed by atoms with Gasteiger partial charge in [0.15, 0.2) is 11.5 Å². The minimum atomic E-state index is -1.06. The first-order chi connectivity index (χ1) is 6.61. The van der Waals surface area contributed by atoms with E-state index in [1.54, 1.807) is 12.1 Å². The third-order valence-electron chi connectivity index (χ3n) is 1.29. The zero-order valence-electron chi connectivity index (χ0n) is 8.04. The SMILES string of the molecule is COB(O)OC.Oc1ccccc1O.[LiH]. The summed E-state index contributed by atoms with van der Waals surface area (Å²) < 4.78 is 8.47. The molecule has 0 unspecified atom stereocenters. The molecule has 0 fully saturated rings. The molecule has 15 heavy (non-hydrogen) atoms. The second-order valence-corrected chi connectivity index (χ2v) is 2.27. The molecule has 0 heterocycles. The van der Waals surface area contributed by atoms with Crippen LogP contribution in [0.3, 0.4) is 0 Å². The maximum atomic E-state index is 8.67. The Morgan fingerprint density at radius 1 is 1.00 bits per heavy atom. The van der Waals surface area contributed by atoms with Gasteiger partial charge in [0.05, 0.1) is 0 Å². The molecule has 3 N–H and O–H groups in total. The fourth-order valence-corrected chi connectivity index (χ4v) is 0.560. The van der Waals surface area contributed by atoms with Crippen molar-refractivity contribution in [1.82, 2.24) is 0 Å². The zero-order valence-corrected chi connectivity index (χ0v) is 8.04. The van der Waals surface area contributed by atoms with Crippen molar-refractivity contribution in [2.45, 2.75) is 0 Å². The van der Waals surface area contributed by atoms with Gasteiger partial charge in [-0.05, 0) is 12.1 Å². The van der Waals surface area contributed by atoms with Crippen molar-refractivity contribution in [2.24, 2.45) is 0 Å². The average Bonchev–Trinajstić information content (AvgIpc) is 2.22. The quantitative estimate of drug-likeness (QED) is 0.459. The van der Waals surface area contributed by atoms with Crippen LogP contribution in [0.2, 0.25) is 0 Å². The van der Waals surface area contributed by atoms with E-state index in [0.717, 1.165) is 0 Å². The number of hydrogen-bond acceptors (Lipinski definition) is 5. The van der Waals surface area contributed by atoms with Crippen molar-refractivity contribution in [3.8, 4) is 11.5 Å². The molecule has 80 valence electrons. The number of benzene rings is 1. The number of phenols is 2. The van der Waals surface area contributed by atoms with Crippen molar-refractivity contribution in [3.63, 3.8) is 0 Å². The summed E-state index contributed by atoms with van der Waals surface area (Å²) >= 11 is 0. The first-order valence-electron chi connectivity index (χ1n) is 3.82. The zero-order chi connectivity index (χ0) is 11.0. The van der Waals surface area contributed by atoms with E-state index in [2.05, 4.69) is 9.31 Å². The molecule has 0 aliphatic carbocycles. The van der Waals surface area contributed by atoms with Gasteiger partial charge in [-0.2, -0.15) is 0 Å². The fraction of sp³-hybridized carbons (Fsp3) is 0.250. The molecule has 0 saturated heterocycles. The van der Waals surface area contributed by atoms with Crippen molar-refractivity contribution in [2.75, 3.05) is 14.2 Å². The third-order valence-corrected chi connectivity index (χ3v) is 1.29. The van der Waals surface area contributed by atoms with E-state index in [4.69, 9.17) is 15.2 Å². The number of aromatic hydroxyl groups is 2. The second kappa shape index (κ2) is 9.90. The van der Waals surface area contributed by atoms with Gasteiger partial charge in [-0.3, -0.25) is 0 Å². The Balaban J connectivity index is 0. The van der Waals surface area contributed by atoms with Crippen molar-refractivity contribution in [3.05, 3.63) is 24.3 Å². The summed E-state index contributed by atoms with van der Waals surface area (Å²) in [6.07, 6.45) is 0. The Kier molecular flexibility index (Phi) is 11.1. The molecular formula is C8H14BLiO5. The van der Waals surface area contributed by atoms with Crippen LogP contribution in [-0.4, -0.2) is 55.6 Å². The van der Waals surface area contributed by atoms with Crippen molar-refractivity contribution < 1.29 is 24.5 Å². The summed E-state index contributed by atoms with van der Waals surface area (Å²) in [6, 6.07) is 6.15. The van der Waals surface area contributed by atoms with Crippen molar-refractivity contribution >= 4 is 26.2 Å². The Labute approximate surface area is 101 Å². The van der Waals surface area contributed by atoms with Gasteiger partial charge in [0.1, 0.15) is 0 Å². The molecule has 0 aromatic heterocycles. The molecule has 0 atom stereocenters.